The lowest BCUT2D eigenvalue weighted by atomic mass is 10.0. The molecule has 2 fully saturated rings. The summed E-state index contributed by atoms with van der Waals surface area (Å²) in [7, 11) is 2.08. The average Bonchev–Trinajstić information content (AvgIpc) is 2.95. The van der Waals surface area contributed by atoms with E-state index in [0.29, 0.717) is 5.92 Å². The molecule has 1 aliphatic carbocycles. The first-order valence-corrected chi connectivity index (χ1v) is 6.73. The maximum atomic E-state index is 5.76. The first kappa shape index (κ1) is 12.3. The van der Waals surface area contributed by atoms with Gasteiger partial charge in [-0.15, -0.1) is 0 Å². The van der Waals surface area contributed by atoms with Gasteiger partial charge in [-0.25, -0.2) is 0 Å². The van der Waals surface area contributed by atoms with E-state index in [9.17, 15) is 0 Å². The molecule has 0 aromatic carbocycles. The quantitative estimate of drug-likeness (QED) is 0.702. The fourth-order valence-corrected chi connectivity index (χ4v) is 2.96. The average molecular weight is 227 g/mol. The van der Waals surface area contributed by atoms with Crippen LogP contribution in [0, 0.1) is 11.8 Å². The summed E-state index contributed by atoms with van der Waals surface area (Å²) in [6.45, 7) is 3.66. The van der Waals surface area contributed by atoms with Crippen LogP contribution < -0.4 is 5.32 Å². The van der Waals surface area contributed by atoms with E-state index in [1.165, 1.54) is 32.1 Å². The molecule has 0 amide bonds. The molecule has 1 saturated carbocycles. The molecule has 2 aliphatic rings. The zero-order valence-corrected chi connectivity index (χ0v) is 10.4. The molecule has 0 radical (unpaired) electrons. The van der Waals surface area contributed by atoms with Gasteiger partial charge in [-0.3, -0.25) is 0 Å². The van der Waals surface area contributed by atoms with E-state index in [-0.39, 0.29) is 0 Å². The highest BCUT2D eigenvalue weighted by molar-refractivity contribution is 4.81. The molecule has 1 aliphatic heterocycles. The Morgan fingerprint density at radius 3 is 3.00 bits per heavy atom. The Labute approximate surface area is 98.9 Å². The van der Waals surface area contributed by atoms with Crippen molar-refractivity contribution >= 4 is 0 Å². The second-order valence-corrected chi connectivity index (χ2v) is 5.18. The summed E-state index contributed by atoms with van der Waals surface area (Å²) in [5, 5.41) is 3.42. The van der Waals surface area contributed by atoms with Gasteiger partial charge in [-0.05, 0) is 38.6 Å². The molecule has 2 rings (SSSR count). The smallest absolute Gasteiger partial charge is 0.0517 e. The predicted octanol–water partition coefficient (Wildman–Crippen LogP) is 1.82. The van der Waals surface area contributed by atoms with Crippen LogP contribution in [-0.4, -0.2) is 39.5 Å². The zero-order valence-electron chi connectivity index (χ0n) is 10.4. The summed E-state index contributed by atoms with van der Waals surface area (Å²) in [5.41, 5.74) is 0. The molecule has 0 bridgehead atoms. The molecule has 0 aromatic rings. The van der Waals surface area contributed by atoms with Crippen molar-refractivity contribution in [3.63, 3.8) is 0 Å². The lowest BCUT2D eigenvalue weighted by Crippen LogP contribution is -2.29. The Kier molecular flexibility index (Phi) is 5.07. The second-order valence-electron chi connectivity index (χ2n) is 5.18. The maximum Gasteiger partial charge on any atom is 0.0517 e. The highest BCUT2D eigenvalue weighted by Crippen LogP contribution is 2.28. The Balaban J connectivity index is 1.53. The Bertz CT molecular complexity index is 192. The minimum atomic E-state index is 0.656. The van der Waals surface area contributed by atoms with Gasteiger partial charge in [0.05, 0.1) is 13.2 Å². The highest BCUT2D eigenvalue weighted by atomic mass is 16.5. The fraction of sp³-hybridized carbons (Fsp3) is 1.00. The predicted molar refractivity (Wildman–Crippen MR) is 64.6 cm³/mol. The normalized spacial score (nSPS) is 34.7. The van der Waals surface area contributed by atoms with Gasteiger partial charge in [0, 0.05) is 25.2 Å². The van der Waals surface area contributed by atoms with Crippen molar-refractivity contribution in [2.75, 3.05) is 33.5 Å². The molecule has 3 atom stereocenters. The summed E-state index contributed by atoms with van der Waals surface area (Å²) in [6.07, 6.45) is 6.51. The van der Waals surface area contributed by atoms with Crippen LogP contribution in [0.1, 0.15) is 32.1 Å². The number of hydrogen-bond donors (Lipinski definition) is 1. The summed E-state index contributed by atoms with van der Waals surface area (Å²) >= 11 is 0. The molecule has 3 nitrogen and oxygen atoms in total. The van der Waals surface area contributed by atoms with Gasteiger partial charge in [0.1, 0.15) is 0 Å². The molecule has 1 saturated heterocycles. The molecule has 16 heavy (non-hydrogen) atoms. The monoisotopic (exact) mass is 227 g/mol. The fourth-order valence-electron chi connectivity index (χ4n) is 2.96. The van der Waals surface area contributed by atoms with E-state index >= 15 is 0 Å². The van der Waals surface area contributed by atoms with Crippen LogP contribution in [0.4, 0.5) is 0 Å². The minimum Gasteiger partial charge on any atom is -0.381 e. The lowest BCUT2D eigenvalue weighted by molar-refractivity contribution is 0.0792. The van der Waals surface area contributed by atoms with Crippen molar-refractivity contribution in [1.82, 2.24) is 5.32 Å². The van der Waals surface area contributed by atoms with Crippen LogP contribution in [0.2, 0.25) is 0 Å². The van der Waals surface area contributed by atoms with Crippen LogP contribution in [0.5, 0.6) is 0 Å². The van der Waals surface area contributed by atoms with Gasteiger partial charge in [0.2, 0.25) is 0 Å². The standard InChI is InChI=1S/C13H25NO2/c1-14-13-4-2-3-12(13)6-8-16-10-11-5-7-15-9-11/h11-14H,2-10H2,1H3. The third kappa shape index (κ3) is 3.44. The molecule has 0 spiro atoms. The second kappa shape index (κ2) is 6.58. The third-order valence-corrected chi connectivity index (χ3v) is 4.04. The number of rotatable bonds is 6. The Morgan fingerprint density at radius 1 is 1.31 bits per heavy atom. The molecular formula is C13H25NO2. The van der Waals surface area contributed by atoms with Crippen molar-refractivity contribution in [2.24, 2.45) is 11.8 Å². The number of hydrogen-bond acceptors (Lipinski definition) is 3. The van der Waals surface area contributed by atoms with Gasteiger partial charge in [0.25, 0.3) is 0 Å². The molecule has 1 N–H and O–H groups in total. The first-order chi connectivity index (χ1) is 7.90. The zero-order chi connectivity index (χ0) is 11.2. The minimum absolute atomic E-state index is 0.656. The summed E-state index contributed by atoms with van der Waals surface area (Å²) in [4.78, 5) is 0. The van der Waals surface area contributed by atoms with Crippen LogP contribution in [0.25, 0.3) is 0 Å². The molecule has 94 valence electrons. The molecule has 3 heteroatoms. The van der Waals surface area contributed by atoms with Crippen LogP contribution >= 0.6 is 0 Å². The Morgan fingerprint density at radius 2 is 2.25 bits per heavy atom. The van der Waals surface area contributed by atoms with Crippen molar-refractivity contribution in [3.05, 3.63) is 0 Å². The lowest BCUT2D eigenvalue weighted by Gasteiger charge is -2.19. The van der Waals surface area contributed by atoms with E-state index < -0.39 is 0 Å². The summed E-state index contributed by atoms with van der Waals surface area (Å²) < 4.78 is 11.1. The van der Waals surface area contributed by atoms with Crippen LogP contribution in [-0.2, 0) is 9.47 Å². The summed E-state index contributed by atoms with van der Waals surface area (Å²) in [6, 6.07) is 0.735. The Hall–Kier alpha value is -0.120. The van der Waals surface area contributed by atoms with Gasteiger partial charge in [-0.1, -0.05) is 6.42 Å². The molecule has 1 heterocycles. The number of nitrogens with one attached hydrogen (secondary N) is 1. The van der Waals surface area contributed by atoms with Gasteiger partial charge in [0.15, 0.2) is 0 Å². The van der Waals surface area contributed by atoms with E-state index in [4.69, 9.17) is 9.47 Å². The first-order valence-electron chi connectivity index (χ1n) is 6.73. The van der Waals surface area contributed by atoms with E-state index in [2.05, 4.69) is 12.4 Å². The van der Waals surface area contributed by atoms with Crippen molar-refractivity contribution < 1.29 is 9.47 Å². The van der Waals surface area contributed by atoms with E-state index in [1.54, 1.807) is 0 Å². The van der Waals surface area contributed by atoms with E-state index in [1.807, 2.05) is 0 Å². The summed E-state index contributed by atoms with van der Waals surface area (Å²) in [5.74, 6) is 1.49. The van der Waals surface area contributed by atoms with Gasteiger partial charge < -0.3 is 14.8 Å². The largest absolute Gasteiger partial charge is 0.381 e. The van der Waals surface area contributed by atoms with Gasteiger partial charge >= 0.3 is 0 Å². The van der Waals surface area contributed by atoms with E-state index in [0.717, 1.165) is 38.4 Å². The van der Waals surface area contributed by atoms with Crippen molar-refractivity contribution in [1.29, 1.82) is 0 Å². The maximum absolute atomic E-state index is 5.76. The third-order valence-electron chi connectivity index (χ3n) is 4.04. The van der Waals surface area contributed by atoms with Crippen LogP contribution in [0.3, 0.4) is 0 Å². The van der Waals surface area contributed by atoms with Crippen molar-refractivity contribution in [2.45, 2.75) is 38.1 Å². The highest BCUT2D eigenvalue weighted by Gasteiger charge is 2.25. The molecular weight excluding hydrogens is 202 g/mol. The molecule has 3 unspecified atom stereocenters. The number of ether oxygens (including phenoxy) is 2. The van der Waals surface area contributed by atoms with Crippen LogP contribution in [0.15, 0.2) is 0 Å². The molecule has 0 aromatic heterocycles. The van der Waals surface area contributed by atoms with Crippen molar-refractivity contribution in [3.8, 4) is 0 Å². The topological polar surface area (TPSA) is 30.5 Å². The SMILES string of the molecule is CNC1CCCC1CCOCC1CCOC1. The van der Waals surface area contributed by atoms with Gasteiger partial charge in [-0.2, -0.15) is 0 Å².